The topological polar surface area (TPSA) is 111 Å². The Hall–Kier alpha value is -4.04. The summed E-state index contributed by atoms with van der Waals surface area (Å²) in [6.07, 6.45) is 0.224. The normalized spacial score (nSPS) is 10.2. The van der Waals surface area contributed by atoms with Crippen LogP contribution in [0.25, 0.3) is 0 Å². The molecular formula is C26H25N3O4S. The highest BCUT2D eigenvalue weighted by Gasteiger charge is 2.10. The molecule has 0 saturated heterocycles. The molecule has 0 aliphatic carbocycles. The molecule has 0 radical (unpaired) electrons. The zero-order chi connectivity index (χ0) is 24.3. The highest BCUT2D eigenvalue weighted by atomic mass is 32.1. The Morgan fingerprint density at radius 1 is 0.853 bits per heavy atom. The third-order valence-corrected chi connectivity index (χ3v) is 5.10. The summed E-state index contributed by atoms with van der Waals surface area (Å²) >= 11 is 4.93. The fraction of sp³-hybridized carbons (Fsp3) is 0.154. The lowest BCUT2D eigenvalue weighted by atomic mass is 10.1. The van der Waals surface area contributed by atoms with Gasteiger partial charge in [-0.2, -0.15) is 0 Å². The first kappa shape index (κ1) is 24.6. The number of carbonyl (C=O) groups excluding carboxylic acids is 3. The number of anilines is 1. The molecule has 0 fully saturated rings. The van der Waals surface area contributed by atoms with E-state index in [0.717, 1.165) is 16.7 Å². The molecule has 3 aromatic carbocycles. The van der Waals surface area contributed by atoms with Crippen molar-refractivity contribution < 1.29 is 19.1 Å². The van der Waals surface area contributed by atoms with Crippen LogP contribution in [0.2, 0.25) is 0 Å². The molecule has 34 heavy (non-hydrogen) atoms. The number of nitrogens with two attached hydrogens (primary N) is 1. The molecule has 0 aliphatic rings. The molecule has 2 amide bonds. The minimum Gasteiger partial charge on any atom is -0.461 e. The summed E-state index contributed by atoms with van der Waals surface area (Å²) in [6, 6.07) is 23.1. The van der Waals surface area contributed by atoms with Crippen LogP contribution in [0.5, 0.6) is 0 Å². The summed E-state index contributed by atoms with van der Waals surface area (Å²) in [4.78, 5) is 37.0. The van der Waals surface area contributed by atoms with Gasteiger partial charge in [-0.15, -0.1) is 0 Å². The van der Waals surface area contributed by atoms with E-state index in [1.807, 2.05) is 30.3 Å². The molecule has 0 atom stereocenters. The average Bonchev–Trinajstić information content (AvgIpc) is 2.83. The molecule has 174 valence electrons. The Morgan fingerprint density at radius 2 is 1.59 bits per heavy atom. The molecule has 0 unspecified atom stereocenters. The summed E-state index contributed by atoms with van der Waals surface area (Å²) in [5.74, 6) is -0.964. The average molecular weight is 476 g/mol. The van der Waals surface area contributed by atoms with Crippen molar-refractivity contribution in [2.75, 3.05) is 11.9 Å². The maximum absolute atomic E-state index is 12.4. The SMILES string of the molecule is NC(=S)c1ccc(CC(=O)Nc2cccc(C(=O)NCCC(=O)OCc3ccccc3)c2)cc1. The second-order valence-corrected chi connectivity index (χ2v) is 7.96. The number of benzene rings is 3. The van der Waals surface area contributed by atoms with Crippen molar-refractivity contribution in [3.8, 4) is 0 Å². The predicted octanol–water partition coefficient (Wildman–Crippen LogP) is 3.37. The summed E-state index contributed by atoms with van der Waals surface area (Å²) in [7, 11) is 0. The van der Waals surface area contributed by atoms with Gasteiger partial charge in [0.1, 0.15) is 11.6 Å². The Kier molecular flexibility index (Phi) is 8.88. The highest BCUT2D eigenvalue weighted by molar-refractivity contribution is 7.80. The number of thiocarbonyl (C=S) groups is 1. The van der Waals surface area contributed by atoms with E-state index in [1.54, 1.807) is 48.5 Å². The van der Waals surface area contributed by atoms with E-state index >= 15 is 0 Å². The third-order valence-electron chi connectivity index (χ3n) is 4.87. The first-order valence-corrected chi connectivity index (χ1v) is 11.1. The number of rotatable bonds is 10. The van der Waals surface area contributed by atoms with Gasteiger partial charge >= 0.3 is 5.97 Å². The van der Waals surface area contributed by atoms with E-state index in [2.05, 4.69) is 10.6 Å². The summed E-state index contributed by atoms with van der Waals surface area (Å²) in [5, 5.41) is 5.48. The molecule has 0 saturated carbocycles. The van der Waals surface area contributed by atoms with Crippen LogP contribution >= 0.6 is 12.2 Å². The fourth-order valence-corrected chi connectivity index (χ4v) is 3.24. The van der Waals surface area contributed by atoms with E-state index < -0.39 is 5.97 Å². The molecule has 8 heteroatoms. The van der Waals surface area contributed by atoms with Crippen molar-refractivity contribution in [1.29, 1.82) is 0 Å². The van der Waals surface area contributed by atoms with Gasteiger partial charge in [0.2, 0.25) is 5.91 Å². The van der Waals surface area contributed by atoms with Crippen molar-refractivity contribution in [2.24, 2.45) is 5.73 Å². The smallest absolute Gasteiger partial charge is 0.307 e. The predicted molar refractivity (Wildman–Crippen MR) is 134 cm³/mol. The van der Waals surface area contributed by atoms with Crippen LogP contribution in [0, 0.1) is 0 Å². The van der Waals surface area contributed by atoms with Gasteiger partial charge in [0, 0.05) is 23.4 Å². The number of nitrogens with one attached hydrogen (secondary N) is 2. The lowest BCUT2D eigenvalue weighted by Gasteiger charge is -2.09. The van der Waals surface area contributed by atoms with Crippen molar-refractivity contribution in [3.63, 3.8) is 0 Å². The molecule has 0 heterocycles. The second kappa shape index (κ2) is 12.3. The highest BCUT2D eigenvalue weighted by Crippen LogP contribution is 2.12. The molecule has 0 spiro atoms. The number of ether oxygens (including phenoxy) is 1. The van der Waals surface area contributed by atoms with Crippen molar-refractivity contribution in [1.82, 2.24) is 5.32 Å². The monoisotopic (exact) mass is 475 g/mol. The molecule has 0 aliphatic heterocycles. The van der Waals surface area contributed by atoms with Gasteiger partial charge in [0.25, 0.3) is 5.91 Å². The van der Waals surface area contributed by atoms with Gasteiger partial charge in [-0.3, -0.25) is 14.4 Å². The van der Waals surface area contributed by atoms with Gasteiger partial charge in [0.15, 0.2) is 0 Å². The molecule has 7 nitrogen and oxygen atoms in total. The first-order valence-electron chi connectivity index (χ1n) is 10.7. The van der Waals surface area contributed by atoms with E-state index in [0.29, 0.717) is 16.2 Å². The van der Waals surface area contributed by atoms with E-state index in [1.165, 1.54) is 0 Å². The van der Waals surface area contributed by atoms with Crippen molar-refractivity contribution in [2.45, 2.75) is 19.4 Å². The molecule has 4 N–H and O–H groups in total. The Morgan fingerprint density at radius 3 is 2.29 bits per heavy atom. The zero-order valence-corrected chi connectivity index (χ0v) is 19.3. The van der Waals surface area contributed by atoms with E-state index in [9.17, 15) is 14.4 Å². The Labute approximate surface area is 203 Å². The van der Waals surface area contributed by atoms with E-state index in [-0.39, 0.29) is 37.8 Å². The van der Waals surface area contributed by atoms with Crippen LogP contribution < -0.4 is 16.4 Å². The lowest BCUT2D eigenvalue weighted by Crippen LogP contribution is -2.26. The summed E-state index contributed by atoms with van der Waals surface area (Å²) in [5.41, 5.74) is 8.90. The number of hydrogen-bond acceptors (Lipinski definition) is 5. The van der Waals surface area contributed by atoms with Crippen LogP contribution in [0.1, 0.15) is 33.5 Å². The summed E-state index contributed by atoms with van der Waals surface area (Å²) < 4.78 is 5.20. The van der Waals surface area contributed by atoms with Gasteiger partial charge < -0.3 is 21.1 Å². The molecule has 3 rings (SSSR count). The van der Waals surface area contributed by atoms with Gasteiger partial charge in [0.05, 0.1) is 12.8 Å². The van der Waals surface area contributed by atoms with Gasteiger partial charge in [-0.1, -0.05) is 72.9 Å². The van der Waals surface area contributed by atoms with E-state index in [4.69, 9.17) is 22.7 Å². The minimum atomic E-state index is -0.397. The van der Waals surface area contributed by atoms with Crippen LogP contribution in [0.3, 0.4) is 0 Å². The zero-order valence-electron chi connectivity index (χ0n) is 18.5. The number of amides is 2. The molecule has 0 aromatic heterocycles. The third kappa shape index (κ3) is 7.83. The number of esters is 1. The van der Waals surface area contributed by atoms with Gasteiger partial charge in [-0.05, 0) is 29.3 Å². The van der Waals surface area contributed by atoms with Crippen molar-refractivity contribution in [3.05, 3.63) is 101 Å². The van der Waals surface area contributed by atoms with Crippen LogP contribution in [-0.2, 0) is 27.4 Å². The van der Waals surface area contributed by atoms with Gasteiger partial charge in [-0.25, -0.2) is 0 Å². The standard InChI is InChI=1S/C26H25N3O4S/c27-25(34)20-11-9-18(10-12-20)15-23(30)29-22-8-4-7-21(16-22)26(32)28-14-13-24(31)33-17-19-5-2-1-3-6-19/h1-12,16H,13-15,17H2,(H2,27,34)(H,28,32)(H,29,30). The number of hydrogen-bond donors (Lipinski definition) is 3. The molecule has 3 aromatic rings. The second-order valence-electron chi connectivity index (χ2n) is 7.52. The largest absolute Gasteiger partial charge is 0.461 e. The Balaban J connectivity index is 1.44. The van der Waals surface area contributed by atoms with Crippen molar-refractivity contribution >= 4 is 40.7 Å². The first-order chi connectivity index (χ1) is 16.4. The summed E-state index contributed by atoms with van der Waals surface area (Å²) in [6.45, 7) is 0.339. The van der Waals surface area contributed by atoms with Crippen LogP contribution in [0.15, 0.2) is 78.9 Å². The minimum absolute atomic E-state index is 0.0582. The maximum Gasteiger partial charge on any atom is 0.307 e. The molecular weight excluding hydrogens is 450 g/mol. The lowest BCUT2D eigenvalue weighted by molar-refractivity contribution is -0.144. The quantitative estimate of drug-likeness (QED) is 0.306. The Bertz CT molecular complexity index is 1160. The maximum atomic E-state index is 12.4. The van der Waals surface area contributed by atoms with Crippen LogP contribution in [-0.4, -0.2) is 29.3 Å². The molecule has 0 bridgehead atoms. The van der Waals surface area contributed by atoms with Crippen LogP contribution in [0.4, 0.5) is 5.69 Å². The number of carbonyl (C=O) groups is 3. The fourth-order valence-electron chi connectivity index (χ4n) is 3.11.